The SMILES string of the molecule is CCNC(CC)c1c(C)ccc2ccccc12. The third-order valence-corrected chi connectivity index (χ3v) is 3.40. The van der Waals surface area contributed by atoms with Crippen molar-refractivity contribution in [3.63, 3.8) is 0 Å². The molecule has 0 saturated carbocycles. The summed E-state index contributed by atoms with van der Waals surface area (Å²) in [4.78, 5) is 0. The van der Waals surface area contributed by atoms with E-state index in [0.29, 0.717) is 6.04 Å². The van der Waals surface area contributed by atoms with Gasteiger partial charge >= 0.3 is 0 Å². The van der Waals surface area contributed by atoms with Crippen LogP contribution in [-0.4, -0.2) is 6.54 Å². The van der Waals surface area contributed by atoms with Gasteiger partial charge in [-0.1, -0.05) is 50.2 Å². The first kappa shape index (κ1) is 12.1. The van der Waals surface area contributed by atoms with Crippen molar-refractivity contribution in [1.29, 1.82) is 0 Å². The second-order valence-electron chi connectivity index (χ2n) is 4.54. The van der Waals surface area contributed by atoms with E-state index in [-0.39, 0.29) is 0 Å². The van der Waals surface area contributed by atoms with E-state index in [0.717, 1.165) is 13.0 Å². The summed E-state index contributed by atoms with van der Waals surface area (Å²) in [5, 5.41) is 6.31. The van der Waals surface area contributed by atoms with Crippen molar-refractivity contribution in [2.24, 2.45) is 0 Å². The molecule has 17 heavy (non-hydrogen) atoms. The second kappa shape index (κ2) is 5.33. The number of hydrogen-bond acceptors (Lipinski definition) is 1. The summed E-state index contributed by atoms with van der Waals surface area (Å²) in [5.74, 6) is 0. The quantitative estimate of drug-likeness (QED) is 0.825. The van der Waals surface area contributed by atoms with Crippen LogP contribution in [0, 0.1) is 6.92 Å². The van der Waals surface area contributed by atoms with Gasteiger partial charge in [-0.3, -0.25) is 0 Å². The highest BCUT2D eigenvalue weighted by atomic mass is 14.9. The van der Waals surface area contributed by atoms with E-state index in [9.17, 15) is 0 Å². The van der Waals surface area contributed by atoms with Crippen molar-refractivity contribution < 1.29 is 0 Å². The Hall–Kier alpha value is -1.34. The van der Waals surface area contributed by atoms with Gasteiger partial charge in [0.2, 0.25) is 0 Å². The molecule has 0 saturated heterocycles. The second-order valence-corrected chi connectivity index (χ2v) is 4.54. The summed E-state index contributed by atoms with van der Waals surface area (Å²) in [5.41, 5.74) is 2.85. The van der Waals surface area contributed by atoms with E-state index in [1.807, 2.05) is 0 Å². The Balaban J connectivity index is 2.60. The summed E-state index contributed by atoms with van der Waals surface area (Å²) in [6, 6.07) is 13.6. The molecule has 2 rings (SSSR count). The molecule has 0 bridgehead atoms. The van der Waals surface area contributed by atoms with Crippen molar-refractivity contribution in [2.45, 2.75) is 33.2 Å². The molecular formula is C16H21N. The van der Waals surface area contributed by atoms with E-state index >= 15 is 0 Å². The summed E-state index contributed by atoms with van der Waals surface area (Å²) in [6.07, 6.45) is 1.13. The summed E-state index contributed by atoms with van der Waals surface area (Å²) in [7, 11) is 0. The first-order valence-electron chi connectivity index (χ1n) is 6.49. The topological polar surface area (TPSA) is 12.0 Å². The Morgan fingerprint density at radius 3 is 2.53 bits per heavy atom. The third-order valence-electron chi connectivity index (χ3n) is 3.40. The van der Waals surface area contributed by atoms with Crippen LogP contribution in [0.1, 0.15) is 37.4 Å². The van der Waals surface area contributed by atoms with Gasteiger partial charge in [-0.2, -0.15) is 0 Å². The van der Waals surface area contributed by atoms with Crippen LogP contribution < -0.4 is 5.32 Å². The fourth-order valence-corrected chi connectivity index (χ4v) is 2.56. The Morgan fingerprint density at radius 2 is 1.82 bits per heavy atom. The van der Waals surface area contributed by atoms with Crippen molar-refractivity contribution >= 4 is 10.8 Å². The molecule has 0 heterocycles. The number of hydrogen-bond donors (Lipinski definition) is 1. The number of aryl methyl sites for hydroxylation is 1. The van der Waals surface area contributed by atoms with Crippen molar-refractivity contribution in [1.82, 2.24) is 5.32 Å². The lowest BCUT2D eigenvalue weighted by Crippen LogP contribution is -2.21. The molecule has 1 nitrogen and oxygen atoms in total. The van der Waals surface area contributed by atoms with Gasteiger partial charge in [0.05, 0.1) is 0 Å². The van der Waals surface area contributed by atoms with Gasteiger partial charge in [-0.25, -0.2) is 0 Å². The minimum absolute atomic E-state index is 0.464. The third kappa shape index (κ3) is 2.34. The molecule has 1 atom stereocenters. The average molecular weight is 227 g/mol. The summed E-state index contributed by atoms with van der Waals surface area (Å²) >= 11 is 0. The highest BCUT2D eigenvalue weighted by Gasteiger charge is 2.13. The highest BCUT2D eigenvalue weighted by Crippen LogP contribution is 2.29. The molecule has 2 aromatic carbocycles. The first-order chi connectivity index (χ1) is 8.27. The van der Waals surface area contributed by atoms with Crippen molar-refractivity contribution in [3.05, 3.63) is 47.5 Å². The molecule has 1 N–H and O–H groups in total. The molecule has 0 aromatic heterocycles. The minimum atomic E-state index is 0.464. The maximum absolute atomic E-state index is 3.58. The van der Waals surface area contributed by atoms with Crippen LogP contribution in [0.5, 0.6) is 0 Å². The van der Waals surface area contributed by atoms with Crippen molar-refractivity contribution in [2.75, 3.05) is 6.54 Å². The standard InChI is InChI=1S/C16H21N/c1-4-15(17-5-2)16-12(3)10-11-13-8-6-7-9-14(13)16/h6-11,15,17H,4-5H2,1-3H3. The average Bonchev–Trinajstić information content (AvgIpc) is 2.37. The number of fused-ring (bicyclic) bond motifs is 1. The van der Waals surface area contributed by atoms with Gasteiger partial charge in [0.15, 0.2) is 0 Å². The molecule has 0 amide bonds. The smallest absolute Gasteiger partial charge is 0.0326 e. The Morgan fingerprint density at radius 1 is 1.06 bits per heavy atom. The number of rotatable bonds is 4. The molecule has 0 aliphatic rings. The summed E-state index contributed by atoms with van der Waals surface area (Å²) < 4.78 is 0. The summed E-state index contributed by atoms with van der Waals surface area (Å²) in [6.45, 7) is 7.64. The van der Waals surface area contributed by atoms with Gasteiger partial charge < -0.3 is 5.32 Å². The Labute approximate surface area is 104 Å². The fraction of sp³-hybridized carbons (Fsp3) is 0.375. The maximum Gasteiger partial charge on any atom is 0.0326 e. The molecule has 1 unspecified atom stereocenters. The lowest BCUT2D eigenvalue weighted by atomic mass is 9.93. The number of benzene rings is 2. The normalized spacial score (nSPS) is 12.9. The zero-order valence-electron chi connectivity index (χ0n) is 11.0. The van der Waals surface area contributed by atoms with E-state index in [1.54, 1.807) is 0 Å². The predicted octanol–water partition coefficient (Wildman–Crippen LogP) is 4.21. The molecule has 90 valence electrons. The van der Waals surface area contributed by atoms with Crippen LogP contribution in [0.4, 0.5) is 0 Å². The lowest BCUT2D eigenvalue weighted by Gasteiger charge is -2.21. The fourth-order valence-electron chi connectivity index (χ4n) is 2.56. The van der Waals surface area contributed by atoms with Gasteiger partial charge in [-0.15, -0.1) is 0 Å². The van der Waals surface area contributed by atoms with E-state index in [4.69, 9.17) is 0 Å². The monoisotopic (exact) mass is 227 g/mol. The molecule has 1 heteroatoms. The Kier molecular flexibility index (Phi) is 3.80. The molecular weight excluding hydrogens is 206 g/mol. The minimum Gasteiger partial charge on any atom is -0.310 e. The Bertz CT molecular complexity index is 502. The largest absolute Gasteiger partial charge is 0.310 e. The van der Waals surface area contributed by atoms with Crippen LogP contribution in [0.25, 0.3) is 10.8 Å². The molecule has 0 radical (unpaired) electrons. The van der Waals surface area contributed by atoms with Crippen molar-refractivity contribution in [3.8, 4) is 0 Å². The number of nitrogens with one attached hydrogen (secondary N) is 1. The molecule has 0 aliphatic heterocycles. The highest BCUT2D eigenvalue weighted by molar-refractivity contribution is 5.87. The van der Waals surface area contributed by atoms with E-state index < -0.39 is 0 Å². The first-order valence-corrected chi connectivity index (χ1v) is 6.49. The molecule has 2 aromatic rings. The van der Waals surface area contributed by atoms with Crippen LogP contribution in [0.3, 0.4) is 0 Å². The zero-order valence-corrected chi connectivity index (χ0v) is 11.0. The zero-order chi connectivity index (χ0) is 12.3. The molecule has 0 aliphatic carbocycles. The van der Waals surface area contributed by atoms with Gasteiger partial charge in [0.25, 0.3) is 0 Å². The van der Waals surface area contributed by atoms with Crippen LogP contribution >= 0.6 is 0 Å². The molecule has 0 fully saturated rings. The van der Waals surface area contributed by atoms with E-state index in [1.165, 1.54) is 21.9 Å². The van der Waals surface area contributed by atoms with Crippen LogP contribution in [0.15, 0.2) is 36.4 Å². The van der Waals surface area contributed by atoms with Crippen LogP contribution in [-0.2, 0) is 0 Å². The van der Waals surface area contributed by atoms with Gasteiger partial charge in [-0.05, 0) is 41.8 Å². The molecule has 0 spiro atoms. The predicted molar refractivity (Wildman–Crippen MR) is 75.4 cm³/mol. The van der Waals surface area contributed by atoms with Crippen LogP contribution in [0.2, 0.25) is 0 Å². The lowest BCUT2D eigenvalue weighted by molar-refractivity contribution is 0.538. The van der Waals surface area contributed by atoms with Gasteiger partial charge in [0, 0.05) is 6.04 Å². The van der Waals surface area contributed by atoms with E-state index in [2.05, 4.69) is 62.5 Å². The van der Waals surface area contributed by atoms with Gasteiger partial charge in [0.1, 0.15) is 0 Å². The maximum atomic E-state index is 3.58.